The number of nitro benzene ring substituents is 1. The minimum absolute atomic E-state index is 0.102. The first kappa shape index (κ1) is 15.7. The smallest absolute Gasteiger partial charge is 0.273 e. The van der Waals surface area contributed by atoms with Gasteiger partial charge in [0, 0.05) is 20.9 Å². The van der Waals surface area contributed by atoms with Crippen molar-refractivity contribution in [3.05, 3.63) is 61.7 Å². The summed E-state index contributed by atoms with van der Waals surface area (Å²) in [6.07, 6.45) is 0. The van der Waals surface area contributed by atoms with E-state index in [9.17, 15) is 18.5 Å². The number of nitrogens with zero attached hydrogens (tertiary/aromatic N) is 1. The molecule has 0 heterocycles. The lowest BCUT2D eigenvalue weighted by molar-refractivity contribution is -0.385. The first-order valence-electron chi connectivity index (χ1n) is 5.83. The number of nitro groups is 1. The molecule has 0 unspecified atom stereocenters. The van der Waals surface area contributed by atoms with Crippen molar-refractivity contribution < 1.29 is 13.3 Å². The maximum Gasteiger partial charge on any atom is 0.273 e. The summed E-state index contributed by atoms with van der Waals surface area (Å²) in [5, 5.41) is 10.9. The van der Waals surface area contributed by atoms with E-state index in [4.69, 9.17) is 0 Å². The zero-order valence-electron chi connectivity index (χ0n) is 10.9. The van der Waals surface area contributed by atoms with E-state index in [-0.39, 0.29) is 16.1 Å². The van der Waals surface area contributed by atoms with Gasteiger partial charge >= 0.3 is 0 Å². The molecular formula is C13H11IN2O4S. The van der Waals surface area contributed by atoms with E-state index in [0.717, 1.165) is 3.57 Å². The van der Waals surface area contributed by atoms with E-state index >= 15 is 0 Å². The molecule has 0 aliphatic carbocycles. The van der Waals surface area contributed by atoms with Crippen molar-refractivity contribution >= 4 is 44.0 Å². The first-order valence-corrected chi connectivity index (χ1v) is 8.40. The molecule has 110 valence electrons. The van der Waals surface area contributed by atoms with Crippen molar-refractivity contribution in [3.63, 3.8) is 0 Å². The van der Waals surface area contributed by atoms with E-state index in [1.165, 1.54) is 25.1 Å². The predicted octanol–water partition coefficient (Wildman–Crippen LogP) is 3.31. The third-order valence-corrected chi connectivity index (χ3v) is 5.08. The molecule has 1 N–H and O–H groups in total. The zero-order chi connectivity index (χ0) is 15.6. The molecule has 0 saturated carbocycles. The number of anilines is 1. The quantitative estimate of drug-likeness (QED) is 0.469. The standard InChI is InChI=1S/C13H11IN2O4S/c1-9-12(16(17)18)3-2-4-13(9)21(19,20)15-11-7-5-10(14)6-8-11/h2-8,15H,1H3. The predicted molar refractivity (Wildman–Crippen MR) is 87.8 cm³/mol. The normalized spacial score (nSPS) is 11.1. The number of hydrogen-bond donors (Lipinski definition) is 1. The van der Waals surface area contributed by atoms with Gasteiger partial charge in [-0.25, -0.2) is 8.42 Å². The summed E-state index contributed by atoms with van der Waals surface area (Å²) in [7, 11) is -3.87. The fourth-order valence-electron chi connectivity index (χ4n) is 1.82. The summed E-state index contributed by atoms with van der Waals surface area (Å²) in [6, 6.07) is 10.8. The molecule has 0 aromatic heterocycles. The maximum absolute atomic E-state index is 12.3. The van der Waals surface area contributed by atoms with Crippen LogP contribution in [0, 0.1) is 20.6 Å². The van der Waals surface area contributed by atoms with Gasteiger partial charge < -0.3 is 0 Å². The Labute approximate surface area is 135 Å². The zero-order valence-corrected chi connectivity index (χ0v) is 13.9. The van der Waals surface area contributed by atoms with Gasteiger partial charge in [-0.15, -0.1) is 0 Å². The number of rotatable bonds is 4. The lowest BCUT2D eigenvalue weighted by Crippen LogP contribution is -2.14. The fraction of sp³-hybridized carbons (Fsp3) is 0.0769. The maximum atomic E-state index is 12.3. The van der Waals surface area contributed by atoms with Crippen LogP contribution in [0.1, 0.15) is 5.56 Å². The average molecular weight is 418 g/mol. The summed E-state index contributed by atoms with van der Waals surface area (Å²) in [6.45, 7) is 1.42. The Morgan fingerprint density at radius 2 is 1.76 bits per heavy atom. The molecule has 8 heteroatoms. The molecule has 0 amide bonds. The van der Waals surface area contributed by atoms with Crippen molar-refractivity contribution in [1.82, 2.24) is 0 Å². The Bertz CT molecular complexity index is 788. The van der Waals surface area contributed by atoms with Gasteiger partial charge in [0.1, 0.15) is 0 Å². The summed E-state index contributed by atoms with van der Waals surface area (Å²) >= 11 is 2.11. The Balaban J connectivity index is 2.42. The second-order valence-corrected chi connectivity index (χ2v) is 7.17. The lowest BCUT2D eigenvalue weighted by Gasteiger charge is -2.10. The van der Waals surface area contributed by atoms with E-state index in [0.29, 0.717) is 5.69 Å². The van der Waals surface area contributed by atoms with Crippen LogP contribution in [0.15, 0.2) is 47.4 Å². The van der Waals surface area contributed by atoms with Gasteiger partial charge in [-0.1, -0.05) is 6.07 Å². The molecule has 0 spiro atoms. The number of nitrogens with one attached hydrogen (secondary N) is 1. The van der Waals surface area contributed by atoms with Crippen LogP contribution in [0.25, 0.3) is 0 Å². The van der Waals surface area contributed by atoms with Crippen molar-refractivity contribution in [1.29, 1.82) is 0 Å². The van der Waals surface area contributed by atoms with Crippen LogP contribution in [0.3, 0.4) is 0 Å². The van der Waals surface area contributed by atoms with Crippen molar-refractivity contribution in [3.8, 4) is 0 Å². The average Bonchev–Trinajstić information content (AvgIpc) is 2.41. The molecule has 2 aromatic rings. The van der Waals surface area contributed by atoms with Gasteiger partial charge in [-0.2, -0.15) is 0 Å². The highest BCUT2D eigenvalue weighted by molar-refractivity contribution is 14.1. The third-order valence-electron chi connectivity index (χ3n) is 2.84. The lowest BCUT2D eigenvalue weighted by atomic mass is 10.2. The SMILES string of the molecule is Cc1c([N+](=O)[O-])cccc1S(=O)(=O)Nc1ccc(I)cc1. The van der Waals surface area contributed by atoms with Crippen LogP contribution >= 0.6 is 22.6 Å². The van der Waals surface area contributed by atoms with Gasteiger partial charge in [0.05, 0.1) is 9.82 Å². The first-order chi connectivity index (χ1) is 9.81. The molecule has 0 fully saturated rings. The van der Waals surface area contributed by atoms with Crippen LogP contribution < -0.4 is 4.72 Å². The van der Waals surface area contributed by atoms with Crippen LogP contribution in [0.5, 0.6) is 0 Å². The molecule has 0 atom stereocenters. The third kappa shape index (κ3) is 3.50. The summed E-state index contributed by atoms with van der Waals surface area (Å²) in [4.78, 5) is 10.2. The van der Waals surface area contributed by atoms with Gasteiger partial charge in [-0.3, -0.25) is 14.8 Å². The van der Waals surface area contributed by atoms with Crippen LogP contribution in [-0.4, -0.2) is 13.3 Å². The molecule has 0 aliphatic rings. The van der Waals surface area contributed by atoms with E-state index in [1.54, 1.807) is 24.3 Å². The van der Waals surface area contributed by atoms with Gasteiger partial charge in [0.15, 0.2) is 0 Å². The monoisotopic (exact) mass is 418 g/mol. The molecular weight excluding hydrogens is 407 g/mol. The second-order valence-electron chi connectivity index (χ2n) is 4.27. The van der Waals surface area contributed by atoms with Crippen LogP contribution in [0.2, 0.25) is 0 Å². The number of halogens is 1. The van der Waals surface area contributed by atoms with Gasteiger partial charge in [0.25, 0.3) is 15.7 Å². The molecule has 0 bridgehead atoms. The topological polar surface area (TPSA) is 89.3 Å². The number of benzene rings is 2. The molecule has 0 radical (unpaired) electrons. The van der Waals surface area contributed by atoms with Crippen molar-refractivity contribution in [2.75, 3.05) is 4.72 Å². The molecule has 6 nitrogen and oxygen atoms in total. The highest BCUT2D eigenvalue weighted by Gasteiger charge is 2.22. The summed E-state index contributed by atoms with van der Waals surface area (Å²) in [5.74, 6) is 0. The summed E-state index contributed by atoms with van der Waals surface area (Å²) in [5.41, 5.74) is 0.294. The summed E-state index contributed by atoms with van der Waals surface area (Å²) < 4.78 is 28.1. The van der Waals surface area contributed by atoms with E-state index in [2.05, 4.69) is 27.3 Å². The highest BCUT2D eigenvalue weighted by Crippen LogP contribution is 2.26. The highest BCUT2D eigenvalue weighted by atomic mass is 127. The van der Waals surface area contributed by atoms with Crippen molar-refractivity contribution in [2.24, 2.45) is 0 Å². The van der Waals surface area contributed by atoms with Crippen molar-refractivity contribution in [2.45, 2.75) is 11.8 Å². The minimum atomic E-state index is -3.87. The van der Waals surface area contributed by atoms with Crippen LogP contribution in [-0.2, 0) is 10.0 Å². The van der Waals surface area contributed by atoms with Crippen LogP contribution in [0.4, 0.5) is 11.4 Å². The number of sulfonamides is 1. The Hall–Kier alpha value is -1.68. The second kappa shape index (κ2) is 5.98. The molecule has 2 rings (SSSR count). The number of hydrogen-bond acceptors (Lipinski definition) is 4. The Morgan fingerprint density at radius 1 is 1.14 bits per heavy atom. The molecule has 0 aliphatic heterocycles. The minimum Gasteiger partial charge on any atom is -0.280 e. The van der Waals surface area contributed by atoms with E-state index < -0.39 is 14.9 Å². The van der Waals surface area contributed by atoms with E-state index in [1.807, 2.05) is 0 Å². The largest absolute Gasteiger partial charge is 0.280 e. The molecule has 2 aromatic carbocycles. The molecule has 0 saturated heterocycles. The fourth-order valence-corrected chi connectivity index (χ4v) is 3.50. The Morgan fingerprint density at radius 3 is 2.33 bits per heavy atom. The van der Waals surface area contributed by atoms with Gasteiger partial charge in [-0.05, 0) is 59.8 Å². The molecule has 21 heavy (non-hydrogen) atoms. The Kier molecular flexibility index (Phi) is 4.47. The van der Waals surface area contributed by atoms with Gasteiger partial charge in [0.2, 0.25) is 0 Å².